The molecule has 0 radical (unpaired) electrons. The Bertz CT molecular complexity index is 841. The Morgan fingerprint density at radius 1 is 1.44 bits per heavy atom. The molecule has 1 aliphatic heterocycles. The van der Waals surface area contributed by atoms with E-state index in [0.717, 1.165) is 10.4 Å². The molecule has 1 aliphatic rings. The highest BCUT2D eigenvalue weighted by atomic mass is 32.1. The molecule has 1 amide bonds. The molecule has 0 spiro atoms. The molecule has 2 heterocycles. The first-order valence-electron chi connectivity index (χ1n) is 8.65. The zero-order valence-electron chi connectivity index (χ0n) is 15.4. The van der Waals surface area contributed by atoms with Crippen LogP contribution in [0, 0.1) is 12.8 Å². The zero-order chi connectivity index (χ0) is 19.6. The first kappa shape index (κ1) is 19.5. The molecule has 142 valence electrons. The van der Waals surface area contributed by atoms with E-state index in [1.165, 1.54) is 11.3 Å². The van der Waals surface area contributed by atoms with Gasteiger partial charge in [-0.1, -0.05) is 19.9 Å². The van der Waals surface area contributed by atoms with E-state index in [2.05, 4.69) is 10.3 Å². The number of carbonyl (C=O) groups excluding carboxylic acids is 2. The number of hydrogen-bond donors (Lipinski definition) is 2. The molecule has 3 rings (SSSR count). The summed E-state index contributed by atoms with van der Waals surface area (Å²) in [6.45, 7) is 5.89. The Kier molecular flexibility index (Phi) is 5.93. The number of nitrogens with one attached hydrogen (secondary N) is 1. The Morgan fingerprint density at radius 3 is 2.89 bits per heavy atom. The highest BCUT2D eigenvalue weighted by Gasteiger charge is 2.32. The van der Waals surface area contributed by atoms with Crippen LogP contribution >= 0.6 is 11.3 Å². The minimum Gasteiger partial charge on any atom is -0.458 e. The molecule has 27 heavy (non-hydrogen) atoms. The van der Waals surface area contributed by atoms with Gasteiger partial charge in [-0.05, 0) is 35.5 Å². The fourth-order valence-corrected chi connectivity index (χ4v) is 3.52. The average Bonchev–Trinajstić information content (AvgIpc) is 3.27. The summed E-state index contributed by atoms with van der Waals surface area (Å²) in [5, 5.41) is 12.7. The van der Waals surface area contributed by atoms with Crippen molar-refractivity contribution >= 4 is 35.8 Å². The van der Waals surface area contributed by atoms with Crippen LogP contribution in [0.5, 0.6) is 0 Å². The van der Waals surface area contributed by atoms with Crippen LogP contribution in [0.3, 0.4) is 0 Å². The van der Waals surface area contributed by atoms with Gasteiger partial charge in [0.05, 0.1) is 17.0 Å². The number of hydrogen-bond acceptors (Lipinski definition) is 7. The second-order valence-corrected chi connectivity index (χ2v) is 7.72. The van der Waals surface area contributed by atoms with Crippen LogP contribution in [0.4, 0.5) is 0 Å². The van der Waals surface area contributed by atoms with E-state index in [1.807, 2.05) is 13.8 Å². The van der Waals surface area contributed by atoms with Gasteiger partial charge in [0.1, 0.15) is 12.6 Å². The average molecular weight is 388 g/mol. The third kappa shape index (κ3) is 4.21. The van der Waals surface area contributed by atoms with Crippen molar-refractivity contribution in [2.45, 2.75) is 40.0 Å². The van der Waals surface area contributed by atoms with Gasteiger partial charge in [0.15, 0.2) is 0 Å². The molecule has 0 bridgehead atoms. The first-order chi connectivity index (χ1) is 12.9. The van der Waals surface area contributed by atoms with E-state index in [1.54, 1.807) is 30.8 Å². The molecule has 9 heteroatoms. The largest absolute Gasteiger partial charge is 0.492 e. The summed E-state index contributed by atoms with van der Waals surface area (Å²) in [6.07, 6.45) is 1.64. The van der Waals surface area contributed by atoms with Crippen molar-refractivity contribution in [2.75, 3.05) is 0 Å². The van der Waals surface area contributed by atoms with Gasteiger partial charge in [0.2, 0.25) is 0 Å². The summed E-state index contributed by atoms with van der Waals surface area (Å²) >= 11 is 1.40. The Morgan fingerprint density at radius 2 is 2.22 bits per heavy atom. The van der Waals surface area contributed by atoms with Crippen LogP contribution in [0.25, 0.3) is 0 Å². The molecule has 2 N–H and O–H groups in total. The van der Waals surface area contributed by atoms with Gasteiger partial charge in [0, 0.05) is 11.8 Å². The van der Waals surface area contributed by atoms with Crippen molar-refractivity contribution in [2.24, 2.45) is 5.92 Å². The maximum absolute atomic E-state index is 12.8. The molecular weight excluding hydrogens is 367 g/mol. The third-order valence-corrected chi connectivity index (χ3v) is 5.29. The lowest BCUT2D eigenvalue weighted by molar-refractivity contribution is -0.148. The van der Waals surface area contributed by atoms with Crippen LogP contribution in [-0.4, -0.2) is 35.0 Å². The van der Waals surface area contributed by atoms with Crippen molar-refractivity contribution in [1.29, 1.82) is 0 Å². The second-order valence-electron chi connectivity index (χ2n) is 6.74. The van der Waals surface area contributed by atoms with Crippen LogP contribution < -0.4 is 10.8 Å². The number of fused-ring (bicyclic) bond motifs is 1. The maximum Gasteiger partial charge on any atom is 0.492 e. The summed E-state index contributed by atoms with van der Waals surface area (Å²) in [5.41, 5.74) is 4.20. The summed E-state index contributed by atoms with van der Waals surface area (Å²) in [6, 6.07) is 2.67. The predicted molar refractivity (Wildman–Crippen MR) is 102 cm³/mol. The van der Waals surface area contributed by atoms with E-state index >= 15 is 0 Å². The number of amides is 1. The second kappa shape index (κ2) is 8.20. The quantitative estimate of drug-likeness (QED) is 0.570. The fraction of sp³-hybridized carbons (Fsp3) is 0.389. The standard InChI is InChI=1S/C18H21BN2O5S/c1-10(2)16(18(23)25-8-13-6-20-9-27-13)21-17(22)14-5-4-12-7-26-19(24)15(12)11(14)3/h4-6,9-10,16,24H,7-8H2,1-3H3,(H,21,22). The van der Waals surface area contributed by atoms with Gasteiger partial charge >= 0.3 is 13.1 Å². The van der Waals surface area contributed by atoms with Crippen LogP contribution in [-0.2, 0) is 27.4 Å². The first-order valence-corrected chi connectivity index (χ1v) is 9.53. The number of carbonyl (C=O) groups is 2. The summed E-state index contributed by atoms with van der Waals surface area (Å²) in [5.74, 6) is -1.02. The number of rotatable bonds is 6. The molecular formula is C18H21BN2O5S. The molecule has 1 aromatic heterocycles. The molecule has 1 unspecified atom stereocenters. The SMILES string of the molecule is Cc1c(C(=O)NC(C(=O)OCc2cncs2)C(C)C)ccc2c1B(O)OC2. The van der Waals surface area contributed by atoms with Crippen LogP contribution in [0.1, 0.15) is 40.2 Å². The molecule has 7 nitrogen and oxygen atoms in total. The number of esters is 1. The number of aromatic nitrogens is 1. The Labute approximate surface area is 161 Å². The zero-order valence-corrected chi connectivity index (χ0v) is 16.2. The van der Waals surface area contributed by atoms with Crippen molar-refractivity contribution in [3.8, 4) is 0 Å². The van der Waals surface area contributed by atoms with E-state index in [-0.39, 0.29) is 18.4 Å². The van der Waals surface area contributed by atoms with Gasteiger partial charge in [0.25, 0.3) is 5.91 Å². The van der Waals surface area contributed by atoms with E-state index in [9.17, 15) is 14.6 Å². The topological polar surface area (TPSA) is 97.8 Å². The van der Waals surface area contributed by atoms with E-state index in [0.29, 0.717) is 23.2 Å². The van der Waals surface area contributed by atoms with Crippen molar-refractivity contribution in [3.63, 3.8) is 0 Å². The van der Waals surface area contributed by atoms with E-state index < -0.39 is 19.1 Å². The molecule has 2 aromatic rings. The summed E-state index contributed by atoms with van der Waals surface area (Å²) < 4.78 is 10.5. The van der Waals surface area contributed by atoms with Crippen LogP contribution in [0.15, 0.2) is 23.8 Å². The number of ether oxygens (including phenoxy) is 1. The lowest BCUT2D eigenvalue weighted by atomic mass is 9.75. The fourth-order valence-electron chi connectivity index (χ4n) is 3.01. The molecule has 0 saturated carbocycles. The van der Waals surface area contributed by atoms with Crippen molar-refractivity contribution < 1.29 is 24.0 Å². The van der Waals surface area contributed by atoms with Gasteiger partial charge in [-0.25, -0.2) is 4.79 Å². The van der Waals surface area contributed by atoms with Crippen LogP contribution in [0.2, 0.25) is 0 Å². The molecule has 1 atom stereocenters. The van der Waals surface area contributed by atoms with Crippen molar-refractivity contribution in [3.05, 3.63) is 45.4 Å². The highest BCUT2D eigenvalue weighted by Crippen LogP contribution is 2.17. The molecule has 1 aromatic carbocycles. The summed E-state index contributed by atoms with van der Waals surface area (Å²) in [7, 11) is -1.03. The van der Waals surface area contributed by atoms with Crippen molar-refractivity contribution in [1.82, 2.24) is 10.3 Å². The monoisotopic (exact) mass is 388 g/mol. The van der Waals surface area contributed by atoms with Gasteiger partial charge in [-0.15, -0.1) is 11.3 Å². The lowest BCUT2D eigenvalue weighted by Crippen LogP contribution is -2.46. The van der Waals surface area contributed by atoms with Gasteiger partial charge in [-0.3, -0.25) is 9.78 Å². The maximum atomic E-state index is 12.8. The van der Waals surface area contributed by atoms with Gasteiger partial charge in [-0.2, -0.15) is 0 Å². The number of benzene rings is 1. The smallest absolute Gasteiger partial charge is 0.458 e. The third-order valence-electron chi connectivity index (χ3n) is 4.54. The van der Waals surface area contributed by atoms with E-state index in [4.69, 9.17) is 9.39 Å². The summed E-state index contributed by atoms with van der Waals surface area (Å²) in [4.78, 5) is 30.0. The molecule has 0 fully saturated rings. The minimum atomic E-state index is -1.03. The number of thiazole rings is 1. The normalized spacial score (nSPS) is 14.2. The van der Waals surface area contributed by atoms with Gasteiger partial charge < -0.3 is 19.7 Å². The predicted octanol–water partition coefficient (Wildman–Crippen LogP) is 1.17. The molecule has 0 saturated heterocycles. The lowest BCUT2D eigenvalue weighted by Gasteiger charge is -2.21. The highest BCUT2D eigenvalue weighted by molar-refractivity contribution is 7.09. The Balaban J connectivity index is 1.72. The molecule has 0 aliphatic carbocycles. The Hall–Kier alpha value is -2.23. The minimum absolute atomic E-state index is 0.129. The number of nitrogens with zero attached hydrogens (tertiary/aromatic N) is 1.